The first kappa shape index (κ1) is 22.7. The van der Waals surface area contributed by atoms with Crippen LogP contribution in [0.1, 0.15) is 42.3 Å². The maximum Gasteiger partial charge on any atom is 0.410 e. The lowest BCUT2D eigenvalue weighted by molar-refractivity contribution is 0.0241. The molecule has 2 heterocycles. The van der Waals surface area contributed by atoms with E-state index in [0.29, 0.717) is 24.3 Å². The molecule has 29 heavy (non-hydrogen) atoms. The van der Waals surface area contributed by atoms with Crippen molar-refractivity contribution in [2.45, 2.75) is 39.5 Å². The van der Waals surface area contributed by atoms with Crippen LogP contribution < -0.4 is 5.32 Å². The Labute approximate surface area is 179 Å². The Bertz CT molecular complexity index is 880. The van der Waals surface area contributed by atoms with E-state index in [9.17, 15) is 9.59 Å². The number of fused-ring (bicyclic) bond motifs is 1. The van der Waals surface area contributed by atoms with E-state index in [4.69, 9.17) is 4.74 Å². The van der Waals surface area contributed by atoms with Gasteiger partial charge in [0.2, 0.25) is 0 Å². The molecule has 0 atom stereocenters. The van der Waals surface area contributed by atoms with Crippen LogP contribution in [0.15, 0.2) is 41.1 Å². The number of anilines is 1. The number of methoxy groups -OCH3 is 1. The molecule has 1 aromatic carbocycles. The molecular weight excluding hydrogens is 438 g/mol. The van der Waals surface area contributed by atoms with E-state index in [1.807, 2.05) is 32.9 Å². The minimum absolute atomic E-state index is 0.246. The zero-order valence-electron chi connectivity index (χ0n) is 17.3. The quantitative estimate of drug-likeness (QED) is 0.654. The smallest absolute Gasteiger partial charge is 0.410 e. The summed E-state index contributed by atoms with van der Waals surface area (Å²) in [5.74, 6) is -0.359. The van der Waals surface area contributed by atoms with Gasteiger partial charge in [0.05, 0.1) is 24.6 Å². The predicted octanol–water partition coefficient (Wildman–Crippen LogP) is 4.61. The van der Waals surface area contributed by atoms with Gasteiger partial charge in [-0.2, -0.15) is 0 Å². The van der Waals surface area contributed by atoms with Gasteiger partial charge in [-0.1, -0.05) is 22.0 Å². The van der Waals surface area contributed by atoms with Gasteiger partial charge in [-0.15, -0.1) is 0 Å². The van der Waals surface area contributed by atoms with Crippen LogP contribution in [0.25, 0.3) is 0 Å². The van der Waals surface area contributed by atoms with E-state index in [-0.39, 0.29) is 12.1 Å². The average Bonchev–Trinajstić information content (AvgIpc) is 3.10. The highest BCUT2D eigenvalue weighted by Crippen LogP contribution is 2.27. The first-order valence-electron chi connectivity index (χ1n) is 9.10. The summed E-state index contributed by atoms with van der Waals surface area (Å²) in [5, 5.41) is 2.85. The molecule has 1 aliphatic rings. The molecule has 0 saturated heterocycles. The van der Waals surface area contributed by atoms with E-state index >= 15 is 0 Å². The molecular formula is C21H26BrN3O4. The van der Waals surface area contributed by atoms with Crippen molar-refractivity contribution in [3.05, 3.63) is 57.8 Å². The van der Waals surface area contributed by atoms with Gasteiger partial charge in [-0.25, -0.2) is 9.59 Å². The van der Waals surface area contributed by atoms with Crippen LogP contribution in [0, 0.1) is 0 Å². The number of pyridine rings is 1. The molecule has 0 fully saturated rings. The Morgan fingerprint density at radius 2 is 1.86 bits per heavy atom. The Morgan fingerprint density at radius 3 is 2.48 bits per heavy atom. The maximum atomic E-state index is 11.9. The number of hydrogen-bond acceptors (Lipinski definition) is 6. The number of nitrogens with zero attached hydrogens (tertiary/aromatic N) is 2. The van der Waals surface area contributed by atoms with Crippen molar-refractivity contribution in [2.24, 2.45) is 0 Å². The molecule has 0 unspecified atom stereocenters. The highest BCUT2D eigenvalue weighted by molar-refractivity contribution is 9.10. The summed E-state index contributed by atoms with van der Waals surface area (Å²) in [6.07, 6.45) is 2.88. The lowest BCUT2D eigenvalue weighted by Gasteiger charge is -2.24. The Balaban J connectivity index is 0.000000221. The van der Waals surface area contributed by atoms with Crippen LogP contribution in [-0.2, 0) is 22.6 Å². The Hall–Kier alpha value is -2.61. The zero-order chi connectivity index (χ0) is 21.6. The molecule has 2 aromatic rings. The van der Waals surface area contributed by atoms with Crippen LogP contribution in [0.2, 0.25) is 0 Å². The Kier molecular flexibility index (Phi) is 7.61. The van der Waals surface area contributed by atoms with Gasteiger partial charge in [0.15, 0.2) is 0 Å². The number of rotatable bonds is 2. The third-order valence-electron chi connectivity index (χ3n) is 4.04. The molecule has 0 spiro atoms. The fourth-order valence-corrected chi connectivity index (χ4v) is 3.11. The Morgan fingerprint density at radius 1 is 1.17 bits per heavy atom. The van der Waals surface area contributed by atoms with E-state index in [0.717, 1.165) is 4.47 Å². The number of aromatic nitrogens is 1. The number of hydrogen-bond donors (Lipinski definition) is 1. The summed E-state index contributed by atoms with van der Waals surface area (Å²) in [4.78, 5) is 28.6. The van der Waals surface area contributed by atoms with Crippen molar-refractivity contribution in [1.82, 2.24) is 9.88 Å². The van der Waals surface area contributed by atoms with Crippen LogP contribution in [0.3, 0.4) is 0 Å². The molecule has 3 rings (SSSR count). The number of ether oxygens (including phenoxy) is 2. The van der Waals surface area contributed by atoms with E-state index in [1.165, 1.54) is 18.2 Å². The van der Waals surface area contributed by atoms with E-state index < -0.39 is 5.60 Å². The summed E-state index contributed by atoms with van der Waals surface area (Å²) < 4.78 is 11.0. The van der Waals surface area contributed by atoms with Crippen molar-refractivity contribution in [3.8, 4) is 0 Å². The minimum Gasteiger partial charge on any atom is -0.465 e. The standard InChI is InChI=1S/C13H16BrNO2.C8H10N2O2/c1-13(2,3)17-12(16)15-7-9-4-5-11(14)6-10(9)8-15;1-9-7-5-10-4-3-6(7)8(11)12-2/h4-6H,7-8H2,1-3H3;3-5,9H,1-2H3. The van der Waals surface area contributed by atoms with Crippen molar-refractivity contribution in [1.29, 1.82) is 0 Å². The molecule has 0 radical (unpaired) electrons. The van der Waals surface area contributed by atoms with Gasteiger partial charge in [-0.3, -0.25) is 9.88 Å². The van der Waals surface area contributed by atoms with Crippen LogP contribution in [0.5, 0.6) is 0 Å². The first-order chi connectivity index (χ1) is 13.6. The molecule has 7 nitrogen and oxygen atoms in total. The number of halogens is 1. The minimum atomic E-state index is -0.438. The van der Waals surface area contributed by atoms with Crippen molar-refractivity contribution >= 4 is 33.7 Å². The molecule has 1 N–H and O–H groups in total. The normalized spacial score (nSPS) is 12.4. The van der Waals surface area contributed by atoms with Crippen LogP contribution in [-0.4, -0.2) is 41.7 Å². The van der Waals surface area contributed by atoms with Crippen molar-refractivity contribution < 1.29 is 19.1 Å². The molecule has 156 valence electrons. The van der Waals surface area contributed by atoms with Gasteiger partial charge in [0.25, 0.3) is 0 Å². The molecule has 0 bridgehead atoms. The fourth-order valence-electron chi connectivity index (χ4n) is 2.70. The van der Waals surface area contributed by atoms with E-state index in [2.05, 4.69) is 37.0 Å². The molecule has 0 aliphatic carbocycles. The number of carbonyl (C=O) groups excluding carboxylic acids is 2. The average molecular weight is 464 g/mol. The highest BCUT2D eigenvalue weighted by Gasteiger charge is 2.27. The van der Waals surface area contributed by atoms with Gasteiger partial charge in [0.1, 0.15) is 5.60 Å². The highest BCUT2D eigenvalue weighted by atomic mass is 79.9. The summed E-state index contributed by atoms with van der Waals surface area (Å²) in [5.41, 5.74) is 3.11. The number of nitrogens with one attached hydrogen (secondary N) is 1. The number of benzene rings is 1. The molecule has 8 heteroatoms. The van der Waals surface area contributed by atoms with Gasteiger partial charge in [-0.05, 0) is 50.1 Å². The van der Waals surface area contributed by atoms with Crippen LogP contribution in [0.4, 0.5) is 10.5 Å². The van der Waals surface area contributed by atoms with E-state index in [1.54, 1.807) is 30.4 Å². The first-order valence-corrected chi connectivity index (χ1v) is 9.89. The SMILES string of the molecule is CC(C)(C)OC(=O)N1Cc2ccc(Br)cc2C1.CNc1cnccc1C(=O)OC. The topological polar surface area (TPSA) is 80.8 Å². The second kappa shape index (κ2) is 9.73. The second-order valence-electron chi connectivity index (χ2n) is 7.41. The third kappa shape index (κ3) is 6.45. The molecule has 1 aromatic heterocycles. The van der Waals surface area contributed by atoms with Crippen LogP contribution >= 0.6 is 15.9 Å². The van der Waals surface area contributed by atoms with Crippen molar-refractivity contribution in [3.63, 3.8) is 0 Å². The summed E-state index contributed by atoms with van der Waals surface area (Å²) in [7, 11) is 3.08. The monoisotopic (exact) mass is 463 g/mol. The summed E-state index contributed by atoms with van der Waals surface area (Å²) in [6.45, 7) is 6.90. The predicted molar refractivity (Wildman–Crippen MR) is 115 cm³/mol. The number of carbonyl (C=O) groups is 2. The number of esters is 1. The lowest BCUT2D eigenvalue weighted by Crippen LogP contribution is -2.33. The van der Waals surface area contributed by atoms with Gasteiger partial charge >= 0.3 is 12.1 Å². The van der Waals surface area contributed by atoms with Crippen molar-refractivity contribution in [2.75, 3.05) is 19.5 Å². The molecule has 0 saturated carbocycles. The summed E-state index contributed by atoms with van der Waals surface area (Å²) >= 11 is 3.44. The molecule has 1 amide bonds. The van der Waals surface area contributed by atoms with Gasteiger partial charge < -0.3 is 14.8 Å². The third-order valence-corrected chi connectivity index (χ3v) is 4.53. The maximum absolute atomic E-state index is 11.9. The lowest BCUT2D eigenvalue weighted by atomic mass is 10.1. The summed E-state index contributed by atoms with van der Waals surface area (Å²) in [6, 6.07) is 7.71. The zero-order valence-corrected chi connectivity index (χ0v) is 18.9. The largest absolute Gasteiger partial charge is 0.465 e. The molecule has 1 aliphatic heterocycles. The van der Waals surface area contributed by atoms with Gasteiger partial charge in [0, 0.05) is 30.8 Å². The second-order valence-corrected chi connectivity index (χ2v) is 8.33. The number of amides is 1. The fraction of sp³-hybridized carbons (Fsp3) is 0.381.